The molecule has 6 heteroatoms. The fraction of sp³-hybridized carbons (Fsp3) is 0.190. The van der Waals surface area contributed by atoms with Crippen molar-refractivity contribution in [1.82, 2.24) is 14.8 Å². The summed E-state index contributed by atoms with van der Waals surface area (Å²) in [7, 11) is 0. The predicted octanol–water partition coefficient (Wildman–Crippen LogP) is 4.87. The molecule has 5 rings (SSSR count). The third kappa shape index (κ3) is 3.17. The number of fused-ring (bicyclic) bond motifs is 1. The van der Waals surface area contributed by atoms with Crippen molar-refractivity contribution in [1.29, 1.82) is 0 Å². The lowest BCUT2D eigenvalue weighted by Crippen LogP contribution is -2.05. The molecule has 0 bridgehead atoms. The molecule has 134 valence electrons. The molecule has 0 aliphatic heterocycles. The zero-order valence-electron chi connectivity index (χ0n) is 14.5. The monoisotopic (exact) mass is 375 g/mol. The highest BCUT2D eigenvalue weighted by atomic mass is 32.2. The quantitative estimate of drug-likeness (QED) is 0.355. The van der Waals surface area contributed by atoms with Gasteiger partial charge in [0.15, 0.2) is 10.9 Å². The minimum atomic E-state index is -0.0493. The van der Waals surface area contributed by atoms with Crippen LogP contribution in [0.4, 0.5) is 0 Å². The van der Waals surface area contributed by atoms with E-state index in [0.717, 1.165) is 40.5 Å². The molecule has 0 unspecified atom stereocenters. The Bertz CT molecular complexity index is 1080. The van der Waals surface area contributed by atoms with Crippen molar-refractivity contribution in [3.05, 3.63) is 72.2 Å². The van der Waals surface area contributed by atoms with Gasteiger partial charge in [-0.3, -0.25) is 9.36 Å². The lowest BCUT2D eigenvalue weighted by atomic mass is 10.2. The second-order valence-electron chi connectivity index (χ2n) is 6.65. The molecular formula is C21H17N3O2S. The first-order valence-electron chi connectivity index (χ1n) is 8.95. The number of hydrogen-bond donors (Lipinski definition) is 0. The Hall–Kier alpha value is -2.86. The van der Waals surface area contributed by atoms with Gasteiger partial charge in [-0.2, -0.15) is 0 Å². The number of ketones is 1. The zero-order valence-corrected chi connectivity index (χ0v) is 15.4. The van der Waals surface area contributed by atoms with Crippen LogP contribution in [0, 0.1) is 0 Å². The lowest BCUT2D eigenvalue weighted by molar-refractivity contribution is 0.0994. The van der Waals surface area contributed by atoms with Crippen LogP contribution in [0.3, 0.4) is 0 Å². The molecule has 2 aromatic carbocycles. The summed E-state index contributed by atoms with van der Waals surface area (Å²) in [6.45, 7) is 0. The van der Waals surface area contributed by atoms with Crippen molar-refractivity contribution in [3.63, 3.8) is 0 Å². The van der Waals surface area contributed by atoms with Gasteiger partial charge in [-0.05, 0) is 37.1 Å². The van der Waals surface area contributed by atoms with Gasteiger partial charge >= 0.3 is 0 Å². The molecule has 0 saturated heterocycles. The van der Waals surface area contributed by atoms with Crippen molar-refractivity contribution in [2.24, 2.45) is 0 Å². The van der Waals surface area contributed by atoms with Crippen LogP contribution in [0.1, 0.15) is 35.1 Å². The number of para-hydroxylation sites is 2. The highest BCUT2D eigenvalue weighted by Gasteiger charge is 2.31. The summed E-state index contributed by atoms with van der Waals surface area (Å²) >= 11 is 1.40. The molecule has 2 aromatic heterocycles. The van der Waals surface area contributed by atoms with E-state index < -0.39 is 0 Å². The van der Waals surface area contributed by atoms with E-state index in [-0.39, 0.29) is 11.5 Å². The number of carbonyl (C=O) groups is 1. The summed E-state index contributed by atoms with van der Waals surface area (Å²) in [5, 5.41) is 10.4. The van der Waals surface area contributed by atoms with Crippen LogP contribution in [0.2, 0.25) is 0 Å². The largest absolute Gasteiger partial charge is 0.453 e. The number of furan rings is 1. The third-order valence-electron chi connectivity index (χ3n) is 4.65. The molecule has 5 nitrogen and oxygen atoms in total. The summed E-state index contributed by atoms with van der Waals surface area (Å²) in [6.07, 6.45) is 2.29. The van der Waals surface area contributed by atoms with E-state index in [2.05, 4.69) is 14.8 Å². The summed E-state index contributed by atoms with van der Waals surface area (Å²) in [5.41, 5.74) is 1.76. The average molecular weight is 375 g/mol. The molecule has 0 N–H and O–H groups in total. The Labute approximate surface area is 160 Å². The lowest BCUT2D eigenvalue weighted by Gasteiger charge is -2.09. The zero-order chi connectivity index (χ0) is 18.2. The SMILES string of the molecule is O=C(CSc1nnc(C2CC2)n1-c1ccccc1)c1cc2ccccc2o1. The van der Waals surface area contributed by atoms with Gasteiger partial charge in [-0.15, -0.1) is 10.2 Å². The maximum Gasteiger partial charge on any atom is 0.208 e. The van der Waals surface area contributed by atoms with Crippen LogP contribution in [0.5, 0.6) is 0 Å². The molecular weight excluding hydrogens is 358 g/mol. The highest BCUT2D eigenvalue weighted by molar-refractivity contribution is 7.99. The molecule has 0 radical (unpaired) electrons. The van der Waals surface area contributed by atoms with Crippen molar-refractivity contribution >= 4 is 28.5 Å². The standard InChI is InChI=1S/C21H17N3O2S/c25-17(19-12-15-6-4-5-9-18(15)26-19)13-27-21-23-22-20(14-10-11-14)24(21)16-7-2-1-3-8-16/h1-9,12,14H,10-11,13H2. The maximum atomic E-state index is 12.6. The summed E-state index contributed by atoms with van der Waals surface area (Å²) in [4.78, 5) is 12.6. The normalized spacial score (nSPS) is 13.9. The van der Waals surface area contributed by atoms with Crippen LogP contribution >= 0.6 is 11.8 Å². The molecule has 0 amide bonds. The molecule has 1 fully saturated rings. The van der Waals surface area contributed by atoms with Crippen LogP contribution in [0.25, 0.3) is 16.7 Å². The summed E-state index contributed by atoms with van der Waals surface area (Å²) in [6, 6.07) is 19.5. The number of Topliss-reactive ketones (excluding diaryl/α,β-unsaturated/α-hetero) is 1. The Morgan fingerprint density at radius 2 is 1.85 bits per heavy atom. The van der Waals surface area contributed by atoms with Gasteiger partial charge in [0.25, 0.3) is 0 Å². The summed E-state index contributed by atoms with van der Waals surface area (Å²) in [5.74, 6) is 2.05. The predicted molar refractivity (Wildman–Crippen MR) is 105 cm³/mol. The molecule has 27 heavy (non-hydrogen) atoms. The second-order valence-corrected chi connectivity index (χ2v) is 7.59. The van der Waals surface area contributed by atoms with Gasteiger partial charge in [0.1, 0.15) is 11.4 Å². The molecule has 2 heterocycles. The number of thioether (sulfide) groups is 1. The van der Waals surface area contributed by atoms with Crippen molar-refractivity contribution < 1.29 is 9.21 Å². The molecule has 1 aliphatic rings. The van der Waals surface area contributed by atoms with Crippen molar-refractivity contribution in [2.75, 3.05) is 5.75 Å². The van der Waals surface area contributed by atoms with Crippen LogP contribution in [-0.4, -0.2) is 26.3 Å². The second kappa shape index (κ2) is 6.70. The van der Waals surface area contributed by atoms with Gasteiger partial charge in [0.05, 0.1) is 5.75 Å². The van der Waals surface area contributed by atoms with Gasteiger partial charge in [-0.25, -0.2) is 0 Å². The van der Waals surface area contributed by atoms with E-state index in [1.807, 2.05) is 54.6 Å². The minimum Gasteiger partial charge on any atom is -0.453 e. The molecule has 1 saturated carbocycles. The van der Waals surface area contributed by atoms with Crippen molar-refractivity contribution in [3.8, 4) is 5.69 Å². The maximum absolute atomic E-state index is 12.6. The van der Waals surface area contributed by atoms with E-state index in [1.54, 1.807) is 6.07 Å². The number of carbonyl (C=O) groups excluding carboxylic acids is 1. The van der Waals surface area contributed by atoms with E-state index in [0.29, 0.717) is 11.7 Å². The number of aromatic nitrogens is 3. The van der Waals surface area contributed by atoms with E-state index in [4.69, 9.17) is 4.42 Å². The van der Waals surface area contributed by atoms with Gasteiger partial charge in [0.2, 0.25) is 5.78 Å². The first-order valence-corrected chi connectivity index (χ1v) is 9.93. The minimum absolute atomic E-state index is 0.0493. The fourth-order valence-corrected chi connectivity index (χ4v) is 3.95. The van der Waals surface area contributed by atoms with Gasteiger partial charge in [0, 0.05) is 17.0 Å². The molecule has 4 aromatic rings. The Morgan fingerprint density at radius 1 is 1.07 bits per heavy atom. The fourth-order valence-electron chi connectivity index (χ4n) is 3.12. The average Bonchev–Trinajstić information content (AvgIpc) is 3.31. The first-order chi connectivity index (χ1) is 13.3. The van der Waals surface area contributed by atoms with Gasteiger partial charge < -0.3 is 4.42 Å². The third-order valence-corrected chi connectivity index (χ3v) is 5.58. The first kappa shape index (κ1) is 16.3. The van der Waals surface area contributed by atoms with Crippen LogP contribution in [0.15, 0.2) is 70.2 Å². The molecule has 1 aliphatic carbocycles. The van der Waals surface area contributed by atoms with Crippen LogP contribution < -0.4 is 0 Å². The van der Waals surface area contributed by atoms with Crippen molar-refractivity contribution in [2.45, 2.75) is 23.9 Å². The molecule has 0 spiro atoms. The molecule has 0 atom stereocenters. The Balaban J connectivity index is 1.40. The Morgan fingerprint density at radius 3 is 2.63 bits per heavy atom. The van der Waals surface area contributed by atoms with E-state index in [9.17, 15) is 4.79 Å². The van der Waals surface area contributed by atoms with Crippen LogP contribution in [-0.2, 0) is 0 Å². The number of rotatable bonds is 6. The smallest absolute Gasteiger partial charge is 0.208 e. The Kier molecular flexibility index (Phi) is 4.05. The number of nitrogens with zero attached hydrogens (tertiary/aromatic N) is 3. The number of benzene rings is 2. The summed E-state index contributed by atoms with van der Waals surface area (Å²) < 4.78 is 7.76. The van der Waals surface area contributed by atoms with E-state index in [1.165, 1.54) is 11.8 Å². The topological polar surface area (TPSA) is 60.9 Å². The van der Waals surface area contributed by atoms with Gasteiger partial charge in [-0.1, -0.05) is 48.2 Å². The van der Waals surface area contributed by atoms with E-state index >= 15 is 0 Å². The highest BCUT2D eigenvalue weighted by Crippen LogP contribution is 2.41. The number of hydrogen-bond acceptors (Lipinski definition) is 5.